The van der Waals surface area contributed by atoms with E-state index in [9.17, 15) is 18.8 Å². The third-order valence-electron chi connectivity index (χ3n) is 5.68. The molecule has 1 aliphatic heterocycles. The largest absolute Gasteiger partial charge is 0.479 e. The molecule has 1 saturated heterocycles. The molecule has 0 N–H and O–H groups in total. The van der Waals surface area contributed by atoms with Gasteiger partial charge in [-0.25, -0.2) is 14.4 Å². The van der Waals surface area contributed by atoms with Gasteiger partial charge in [0.05, 0.1) is 24.4 Å². The predicted molar refractivity (Wildman–Crippen MR) is 132 cm³/mol. The molecular weight excluding hydrogens is 546 g/mol. The van der Waals surface area contributed by atoms with Gasteiger partial charge in [-0.15, -0.1) is 0 Å². The van der Waals surface area contributed by atoms with Gasteiger partial charge in [-0.1, -0.05) is 23.2 Å². The van der Waals surface area contributed by atoms with Crippen LogP contribution in [0.4, 0.5) is 4.39 Å². The van der Waals surface area contributed by atoms with Crippen molar-refractivity contribution in [3.8, 4) is 5.88 Å². The Balaban J connectivity index is 1.62. The summed E-state index contributed by atoms with van der Waals surface area (Å²) in [6.07, 6.45) is -3.84. The maximum absolute atomic E-state index is 14.4. The normalized spacial score (nSPS) is 20.7. The molecule has 10 nitrogen and oxygen atoms in total. The minimum Gasteiger partial charge on any atom is -0.479 e. The number of aromatic nitrogens is 2. The summed E-state index contributed by atoms with van der Waals surface area (Å²) in [6.45, 7) is -0.392. The molecule has 200 valence electrons. The molecule has 0 unspecified atom stereocenters. The lowest BCUT2D eigenvalue weighted by molar-refractivity contribution is -0.0662. The number of carbonyl (C=O) groups is 2. The van der Waals surface area contributed by atoms with Crippen LogP contribution in [0.5, 0.6) is 5.88 Å². The van der Waals surface area contributed by atoms with Crippen molar-refractivity contribution in [2.45, 2.75) is 24.5 Å². The van der Waals surface area contributed by atoms with E-state index in [4.69, 9.17) is 46.9 Å². The lowest BCUT2D eigenvalue weighted by Crippen LogP contribution is -2.41. The number of esters is 2. The van der Waals surface area contributed by atoms with Gasteiger partial charge in [0.15, 0.2) is 12.3 Å². The summed E-state index contributed by atoms with van der Waals surface area (Å²) in [5.74, 6) is -2.88. The smallest absolute Gasteiger partial charge is 0.353 e. The quantitative estimate of drug-likeness (QED) is 0.376. The second-order valence-corrected chi connectivity index (χ2v) is 8.91. The summed E-state index contributed by atoms with van der Waals surface area (Å²) in [4.78, 5) is 41.6. The summed E-state index contributed by atoms with van der Waals surface area (Å²) in [7, 11) is 2.46. The number of nitrogens with zero attached hydrogens (tertiary/aromatic N) is 2. The maximum atomic E-state index is 14.4. The molecule has 0 saturated carbocycles. The fraction of sp³-hybridized carbons (Fsp3) is 0.280. The number of benzene rings is 2. The SMILES string of the molecule is COc1nc(=O)n([C@H]2O[C@H](COC(=O)c3ccc(Cl)cc3)[C@@H](OC(=O)c3ccc(Cl)cc3)[C@@H]2OC)cc1F. The summed E-state index contributed by atoms with van der Waals surface area (Å²) in [5, 5.41) is 0.854. The van der Waals surface area contributed by atoms with E-state index in [1.165, 1.54) is 55.6 Å². The van der Waals surface area contributed by atoms with Crippen molar-refractivity contribution < 1.29 is 37.7 Å². The van der Waals surface area contributed by atoms with Gasteiger partial charge in [0, 0.05) is 17.2 Å². The van der Waals surface area contributed by atoms with Crippen LogP contribution in [0.3, 0.4) is 0 Å². The molecule has 38 heavy (non-hydrogen) atoms. The van der Waals surface area contributed by atoms with Crippen LogP contribution in [-0.2, 0) is 18.9 Å². The van der Waals surface area contributed by atoms with E-state index >= 15 is 0 Å². The maximum Gasteiger partial charge on any atom is 0.353 e. The molecule has 2 aromatic carbocycles. The highest BCUT2D eigenvalue weighted by Crippen LogP contribution is 2.34. The number of hydrogen-bond donors (Lipinski definition) is 0. The fourth-order valence-electron chi connectivity index (χ4n) is 3.82. The van der Waals surface area contributed by atoms with Crippen molar-refractivity contribution in [3.05, 3.63) is 92.2 Å². The monoisotopic (exact) mass is 566 g/mol. The number of hydrogen-bond acceptors (Lipinski definition) is 9. The van der Waals surface area contributed by atoms with Crippen molar-refractivity contribution >= 4 is 35.1 Å². The van der Waals surface area contributed by atoms with Crippen LogP contribution in [-0.4, -0.2) is 60.6 Å². The van der Waals surface area contributed by atoms with Crippen LogP contribution in [0.25, 0.3) is 0 Å². The molecule has 0 aliphatic carbocycles. The number of halogens is 3. The summed E-state index contributed by atoms with van der Waals surface area (Å²) < 4.78 is 42.5. The van der Waals surface area contributed by atoms with Gasteiger partial charge in [0.2, 0.25) is 5.82 Å². The first-order chi connectivity index (χ1) is 18.2. The van der Waals surface area contributed by atoms with E-state index in [1.807, 2.05) is 0 Å². The molecule has 0 amide bonds. The highest BCUT2D eigenvalue weighted by molar-refractivity contribution is 6.31. The average molecular weight is 567 g/mol. The molecule has 1 fully saturated rings. The Hall–Kier alpha value is -3.51. The first kappa shape index (κ1) is 27.5. The van der Waals surface area contributed by atoms with E-state index in [2.05, 4.69) is 4.98 Å². The van der Waals surface area contributed by atoms with Crippen LogP contribution < -0.4 is 10.4 Å². The van der Waals surface area contributed by atoms with Crippen LogP contribution >= 0.6 is 23.2 Å². The first-order valence-electron chi connectivity index (χ1n) is 11.1. The first-order valence-corrected chi connectivity index (χ1v) is 11.9. The van der Waals surface area contributed by atoms with Gasteiger partial charge in [-0.2, -0.15) is 9.37 Å². The van der Waals surface area contributed by atoms with E-state index < -0.39 is 60.5 Å². The molecule has 1 aliphatic rings. The fourth-order valence-corrected chi connectivity index (χ4v) is 4.07. The standard InChI is InChI=1S/C25H21Cl2FN2O8/c1-34-20-19(38-24(32)14-5-9-16(27)10-6-14)18(12-36-23(31)13-3-7-15(26)8-4-13)37-22(20)30-11-17(28)21(35-2)29-25(30)33/h3-11,18-20,22H,12H2,1-2H3/t18-,19-,20+,22+/m1/s1. The Labute approximate surface area is 225 Å². The Morgan fingerprint density at radius 1 is 0.974 bits per heavy atom. The van der Waals surface area contributed by atoms with E-state index in [-0.39, 0.29) is 11.1 Å². The zero-order valence-corrected chi connectivity index (χ0v) is 21.5. The summed E-state index contributed by atoms with van der Waals surface area (Å²) in [6, 6.07) is 11.9. The molecule has 4 rings (SSSR count). The van der Waals surface area contributed by atoms with E-state index in [1.54, 1.807) is 0 Å². The highest BCUT2D eigenvalue weighted by Gasteiger charge is 2.49. The van der Waals surface area contributed by atoms with Crippen molar-refractivity contribution in [2.75, 3.05) is 20.8 Å². The topological polar surface area (TPSA) is 115 Å². The van der Waals surface area contributed by atoms with Crippen molar-refractivity contribution in [1.29, 1.82) is 0 Å². The summed E-state index contributed by atoms with van der Waals surface area (Å²) >= 11 is 11.8. The minimum absolute atomic E-state index is 0.180. The molecule has 0 radical (unpaired) electrons. The molecule has 1 aromatic heterocycles. The lowest BCUT2D eigenvalue weighted by atomic mass is 10.1. The zero-order chi connectivity index (χ0) is 27.4. The number of methoxy groups -OCH3 is 2. The van der Waals surface area contributed by atoms with Gasteiger partial charge in [-0.05, 0) is 48.5 Å². The molecule has 13 heteroatoms. The number of carbonyl (C=O) groups excluding carboxylic acids is 2. The molecule has 3 aromatic rings. The molecular formula is C25H21Cl2FN2O8. The Kier molecular flexibility index (Phi) is 8.62. The molecule has 0 spiro atoms. The van der Waals surface area contributed by atoms with Crippen LogP contribution in [0.1, 0.15) is 26.9 Å². The molecule has 2 heterocycles. The van der Waals surface area contributed by atoms with Gasteiger partial charge in [0.1, 0.15) is 18.8 Å². The third-order valence-corrected chi connectivity index (χ3v) is 6.19. The van der Waals surface area contributed by atoms with Crippen molar-refractivity contribution in [3.63, 3.8) is 0 Å². The van der Waals surface area contributed by atoms with Crippen LogP contribution in [0, 0.1) is 5.82 Å². The number of rotatable bonds is 8. The second kappa shape index (κ2) is 11.9. The van der Waals surface area contributed by atoms with Crippen LogP contribution in [0.15, 0.2) is 59.5 Å². The molecule has 0 bridgehead atoms. The van der Waals surface area contributed by atoms with Gasteiger partial charge in [-0.3, -0.25) is 4.57 Å². The van der Waals surface area contributed by atoms with Crippen molar-refractivity contribution in [2.24, 2.45) is 0 Å². The summed E-state index contributed by atoms with van der Waals surface area (Å²) in [5.41, 5.74) is -0.504. The van der Waals surface area contributed by atoms with E-state index in [0.29, 0.717) is 10.0 Å². The lowest BCUT2D eigenvalue weighted by Gasteiger charge is -2.23. The molecule has 4 atom stereocenters. The second-order valence-electron chi connectivity index (χ2n) is 8.04. The zero-order valence-electron chi connectivity index (χ0n) is 20.0. The number of ether oxygens (including phenoxy) is 5. The van der Waals surface area contributed by atoms with Crippen LogP contribution in [0.2, 0.25) is 10.0 Å². The Morgan fingerprint density at radius 2 is 1.55 bits per heavy atom. The third kappa shape index (κ3) is 5.97. The van der Waals surface area contributed by atoms with Gasteiger partial charge < -0.3 is 23.7 Å². The predicted octanol–water partition coefficient (Wildman–Crippen LogP) is 3.69. The van der Waals surface area contributed by atoms with Gasteiger partial charge >= 0.3 is 17.6 Å². The minimum atomic E-state index is -1.29. The van der Waals surface area contributed by atoms with Crippen molar-refractivity contribution in [1.82, 2.24) is 9.55 Å². The highest BCUT2D eigenvalue weighted by atomic mass is 35.5. The average Bonchev–Trinajstić information content (AvgIpc) is 3.25. The Morgan fingerprint density at radius 3 is 2.11 bits per heavy atom. The Bertz CT molecular complexity index is 1370. The van der Waals surface area contributed by atoms with E-state index in [0.717, 1.165) is 17.9 Å². The van der Waals surface area contributed by atoms with Gasteiger partial charge in [0.25, 0.3) is 5.88 Å².